The van der Waals surface area contributed by atoms with Crippen LogP contribution < -0.4 is 11.0 Å². The summed E-state index contributed by atoms with van der Waals surface area (Å²) in [6.07, 6.45) is 5.41. The zero-order valence-corrected chi connectivity index (χ0v) is 18.8. The minimum absolute atomic E-state index is 0.231. The Labute approximate surface area is 187 Å². The molecule has 3 heterocycles. The van der Waals surface area contributed by atoms with Gasteiger partial charge in [-0.3, -0.25) is 9.20 Å². The van der Waals surface area contributed by atoms with Gasteiger partial charge >= 0.3 is 11.7 Å². The highest BCUT2D eigenvalue weighted by Gasteiger charge is 2.28. The predicted octanol–water partition coefficient (Wildman–Crippen LogP) is 3.33. The Hall–Kier alpha value is -2.72. The van der Waals surface area contributed by atoms with Crippen molar-refractivity contribution >= 4 is 45.6 Å². The zero-order chi connectivity index (χ0) is 22.0. The third-order valence-corrected chi connectivity index (χ3v) is 7.15. The number of amides is 1. The molecule has 162 valence electrons. The van der Waals surface area contributed by atoms with Crippen molar-refractivity contribution in [3.8, 4) is 0 Å². The van der Waals surface area contributed by atoms with Gasteiger partial charge in [-0.05, 0) is 57.2 Å². The highest BCUT2D eigenvalue weighted by Crippen LogP contribution is 2.39. The maximum absolute atomic E-state index is 12.9. The van der Waals surface area contributed by atoms with Gasteiger partial charge in [-0.2, -0.15) is 4.98 Å². The Balaban J connectivity index is 1.55. The smallest absolute Gasteiger partial charge is 0.355 e. The van der Waals surface area contributed by atoms with Gasteiger partial charge < -0.3 is 10.1 Å². The normalized spacial score (nSPS) is 14.1. The van der Waals surface area contributed by atoms with Gasteiger partial charge in [-0.15, -0.1) is 11.3 Å². The predicted molar refractivity (Wildman–Crippen MR) is 120 cm³/mol. The molecule has 0 fully saturated rings. The maximum atomic E-state index is 12.9. The van der Waals surface area contributed by atoms with E-state index in [2.05, 4.69) is 15.3 Å². The molecule has 4 rings (SSSR count). The van der Waals surface area contributed by atoms with E-state index in [1.165, 1.54) is 15.7 Å². The molecule has 0 bridgehead atoms. The number of anilines is 1. The molecule has 1 N–H and O–H groups in total. The molecule has 31 heavy (non-hydrogen) atoms. The highest BCUT2D eigenvalue weighted by molar-refractivity contribution is 8.00. The van der Waals surface area contributed by atoms with Crippen LogP contribution in [0.1, 0.15) is 47.5 Å². The number of nitrogens with zero attached hydrogens (tertiary/aromatic N) is 3. The highest BCUT2D eigenvalue weighted by atomic mass is 32.2. The van der Waals surface area contributed by atoms with Crippen molar-refractivity contribution in [2.75, 3.05) is 11.9 Å². The standard InChI is InChI=1S/C21H22N4O4S2/c1-3-29-19(27)16-13-8-4-5-9-14(13)31-18(16)23-17(26)12(2)30-20-22-15-10-6-7-11-25(15)21(28)24-20/h6-7,10-12H,3-5,8-9H2,1-2H3,(H,23,26)/t12-/m0/s1. The van der Waals surface area contributed by atoms with Gasteiger partial charge in [0.15, 0.2) is 5.16 Å². The molecule has 1 aliphatic carbocycles. The molecule has 3 aromatic rings. The molecule has 0 saturated heterocycles. The monoisotopic (exact) mass is 458 g/mol. The van der Waals surface area contributed by atoms with E-state index in [-0.39, 0.29) is 17.7 Å². The first-order valence-electron chi connectivity index (χ1n) is 10.1. The number of nitrogens with one attached hydrogen (secondary N) is 1. The first-order valence-corrected chi connectivity index (χ1v) is 11.8. The molecule has 3 aromatic heterocycles. The van der Waals surface area contributed by atoms with Crippen molar-refractivity contribution in [3.63, 3.8) is 0 Å². The maximum Gasteiger partial charge on any atom is 0.355 e. The Bertz CT molecular complexity index is 1200. The van der Waals surface area contributed by atoms with Gasteiger partial charge in [0.05, 0.1) is 17.4 Å². The van der Waals surface area contributed by atoms with Gasteiger partial charge in [-0.25, -0.2) is 14.6 Å². The molecule has 0 aromatic carbocycles. The van der Waals surface area contributed by atoms with Gasteiger partial charge in [0, 0.05) is 11.1 Å². The number of hydrogen-bond acceptors (Lipinski definition) is 8. The summed E-state index contributed by atoms with van der Waals surface area (Å²) in [5.74, 6) is -0.686. The second kappa shape index (κ2) is 9.19. The number of rotatable bonds is 6. The van der Waals surface area contributed by atoms with E-state index in [1.807, 2.05) is 0 Å². The number of thioether (sulfide) groups is 1. The van der Waals surface area contributed by atoms with E-state index in [0.717, 1.165) is 47.9 Å². The Morgan fingerprint density at radius 3 is 2.90 bits per heavy atom. The number of carbonyl (C=O) groups excluding carboxylic acids is 2. The topological polar surface area (TPSA) is 103 Å². The van der Waals surface area contributed by atoms with Crippen LogP contribution in [0.5, 0.6) is 0 Å². The van der Waals surface area contributed by atoms with E-state index < -0.39 is 16.9 Å². The number of esters is 1. The number of aromatic nitrogens is 3. The van der Waals surface area contributed by atoms with E-state index in [4.69, 9.17) is 4.74 Å². The molecule has 1 amide bonds. The van der Waals surface area contributed by atoms with Gasteiger partial charge in [0.1, 0.15) is 10.6 Å². The molecule has 0 radical (unpaired) electrons. The van der Waals surface area contributed by atoms with E-state index in [0.29, 0.717) is 16.2 Å². The number of carbonyl (C=O) groups is 2. The molecule has 0 spiro atoms. The summed E-state index contributed by atoms with van der Waals surface area (Å²) in [6, 6.07) is 5.21. The molecule has 1 aliphatic rings. The number of fused-ring (bicyclic) bond motifs is 2. The minimum Gasteiger partial charge on any atom is -0.462 e. The fourth-order valence-electron chi connectivity index (χ4n) is 3.50. The summed E-state index contributed by atoms with van der Waals surface area (Å²) < 4.78 is 6.58. The van der Waals surface area contributed by atoms with Crippen LogP contribution in [-0.4, -0.2) is 38.1 Å². The van der Waals surface area contributed by atoms with Crippen LogP contribution in [0.15, 0.2) is 34.3 Å². The van der Waals surface area contributed by atoms with Crippen LogP contribution in [0.3, 0.4) is 0 Å². The van der Waals surface area contributed by atoms with Crippen molar-refractivity contribution in [1.29, 1.82) is 0 Å². The average Bonchev–Trinajstić information content (AvgIpc) is 3.11. The summed E-state index contributed by atoms with van der Waals surface area (Å²) in [5, 5.41) is 3.09. The van der Waals surface area contributed by atoms with Crippen molar-refractivity contribution in [1.82, 2.24) is 14.4 Å². The van der Waals surface area contributed by atoms with Crippen LogP contribution in [0.2, 0.25) is 0 Å². The number of ether oxygens (including phenoxy) is 1. The fraction of sp³-hybridized carbons (Fsp3) is 0.381. The lowest BCUT2D eigenvalue weighted by Gasteiger charge is -2.13. The molecule has 8 nitrogen and oxygen atoms in total. The number of pyridine rings is 1. The van der Waals surface area contributed by atoms with Gasteiger partial charge in [0.2, 0.25) is 5.91 Å². The van der Waals surface area contributed by atoms with Crippen molar-refractivity contribution in [2.24, 2.45) is 0 Å². The largest absolute Gasteiger partial charge is 0.462 e. The second-order valence-electron chi connectivity index (χ2n) is 7.10. The number of hydrogen-bond donors (Lipinski definition) is 1. The van der Waals surface area contributed by atoms with Crippen molar-refractivity contribution < 1.29 is 14.3 Å². The van der Waals surface area contributed by atoms with Gasteiger partial charge in [-0.1, -0.05) is 17.8 Å². The molecule has 0 aliphatic heterocycles. The lowest BCUT2D eigenvalue weighted by molar-refractivity contribution is -0.115. The van der Waals surface area contributed by atoms with Crippen LogP contribution >= 0.6 is 23.1 Å². The molecule has 10 heteroatoms. The summed E-state index contributed by atoms with van der Waals surface area (Å²) in [6.45, 7) is 3.76. The quantitative estimate of drug-likeness (QED) is 0.446. The SMILES string of the molecule is CCOC(=O)c1c(NC(=O)[C@H](C)Sc2nc(=O)n3ccccc3n2)sc2c1CCCC2. The van der Waals surface area contributed by atoms with Crippen LogP contribution in [0, 0.1) is 0 Å². The van der Waals surface area contributed by atoms with E-state index in [1.54, 1.807) is 38.2 Å². The summed E-state index contributed by atoms with van der Waals surface area (Å²) in [7, 11) is 0. The molecular weight excluding hydrogens is 436 g/mol. The Kier molecular flexibility index (Phi) is 6.38. The first kappa shape index (κ1) is 21.5. The summed E-state index contributed by atoms with van der Waals surface area (Å²) in [5.41, 5.74) is 1.49. The van der Waals surface area contributed by atoms with Gasteiger partial charge in [0.25, 0.3) is 0 Å². The lowest BCUT2D eigenvalue weighted by atomic mass is 9.95. The first-order chi connectivity index (χ1) is 15.0. The molecular formula is C21H22N4O4S2. The third kappa shape index (κ3) is 4.49. The molecule has 0 saturated carbocycles. The van der Waals surface area contributed by atoms with E-state index in [9.17, 15) is 14.4 Å². The van der Waals surface area contributed by atoms with Crippen molar-refractivity contribution in [2.45, 2.75) is 49.9 Å². The summed E-state index contributed by atoms with van der Waals surface area (Å²) >= 11 is 2.55. The molecule has 0 unspecified atom stereocenters. The minimum atomic E-state index is -0.570. The zero-order valence-electron chi connectivity index (χ0n) is 17.2. The average molecular weight is 459 g/mol. The Morgan fingerprint density at radius 1 is 1.29 bits per heavy atom. The number of aryl methyl sites for hydroxylation is 1. The summed E-state index contributed by atoms with van der Waals surface area (Å²) in [4.78, 5) is 47.1. The molecule has 1 atom stereocenters. The number of thiophene rings is 1. The van der Waals surface area contributed by atoms with Crippen molar-refractivity contribution in [3.05, 3.63) is 50.9 Å². The fourth-order valence-corrected chi connectivity index (χ4v) is 5.54. The lowest BCUT2D eigenvalue weighted by Crippen LogP contribution is -2.25. The second-order valence-corrected chi connectivity index (χ2v) is 9.52. The van der Waals surface area contributed by atoms with Crippen LogP contribution in [0.4, 0.5) is 5.00 Å². The Morgan fingerprint density at radius 2 is 2.10 bits per heavy atom. The third-order valence-electron chi connectivity index (χ3n) is 4.98. The van der Waals surface area contributed by atoms with Crippen LogP contribution in [0.25, 0.3) is 5.65 Å². The van der Waals surface area contributed by atoms with E-state index >= 15 is 0 Å². The van der Waals surface area contributed by atoms with Crippen LogP contribution in [-0.2, 0) is 22.4 Å².